The van der Waals surface area contributed by atoms with Crippen molar-refractivity contribution in [3.63, 3.8) is 0 Å². The largest absolute Gasteiger partial charge is 0.368 e. The van der Waals surface area contributed by atoms with Gasteiger partial charge in [-0.3, -0.25) is 4.79 Å². The van der Waals surface area contributed by atoms with E-state index in [-0.39, 0.29) is 23.9 Å². The van der Waals surface area contributed by atoms with E-state index in [1.165, 1.54) is 6.20 Å². The fourth-order valence-electron chi connectivity index (χ4n) is 3.89. The third-order valence-electron chi connectivity index (χ3n) is 5.30. The summed E-state index contributed by atoms with van der Waals surface area (Å²) in [5, 5.41) is 9.52. The Morgan fingerprint density at radius 3 is 3.18 bits per heavy atom. The van der Waals surface area contributed by atoms with Gasteiger partial charge in [-0.2, -0.15) is 0 Å². The molecule has 0 radical (unpaired) electrons. The highest BCUT2D eigenvalue weighted by atomic mass is 19.1. The van der Waals surface area contributed by atoms with Crippen molar-refractivity contribution in [3.05, 3.63) is 48.0 Å². The van der Waals surface area contributed by atoms with Gasteiger partial charge in [-0.15, -0.1) is 0 Å². The average molecular weight is 384 g/mol. The summed E-state index contributed by atoms with van der Waals surface area (Å²) in [5.41, 5.74) is 1.86. The number of dihydropyridines is 1. The molecule has 4 heterocycles. The lowest BCUT2D eigenvalue weighted by molar-refractivity contribution is -0.131. The Bertz CT molecular complexity index is 849. The van der Waals surface area contributed by atoms with Gasteiger partial charge >= 0.3 is 0 Å². The van der Waals surface area contributed by atoms with Crippen LogP contribution in [0.3, 0.4) is 0 Å². The van der Waals surface area contributed by atoms with E-state index in [9.17, 15) is 9.18 Å². The van der Waals surface area contributed by atoms with Gasteiger partial charge in [0.05, 0.1) is 6.20 Å². The molecule has 3 aliphatic heterocycles. The van der Waals surface area contributed by atoms with Crippen molar-refractivity contribution >= 4 is 17.3 Å². The first kappa shape index (κ1) is 18.5. The summed E-state index contributed by atoms with van der Waals surface area (Å²) in [6, 6.07) is 0.0731. The Morgan fingerprint density at radius 1 is 1.43 bits per heavy atom. The van der Waals surface area contributed by atoms with Crippen LogP contribution in [0.5, 0.6) is 0 Å². The van der Waals surface area contributed by atoms with Crippen LogP contribution in [0.2, 0.25) is 0 Å². The van der Waals surface area contributed by atoms with Gasteiger partial charge in [0.1, 0.15) is 6.17 Å². The number of hydrogen-bond donors (Lipinski definition) is 3. The third-order valence-corrected chi connectivity index (χ3v) is 5.30. The smallest absolute Gasteiger partial charge is 0.222 e. The van der Waals surface area contributed by atoms with Gasteiger partial charge in [-0.25, -0.2) is 14.4 Å². The van der Waals surface area contributed by atoms with Crippen LogP contribution in [0, 0.1) is 5.82 Å². The van der Waals surface area contributed by atoms with E-state index in [0.717, 1.165) is 37.0 Å². The van der Waals surface area contributed by atoms with Gasteiger partial charge in [0.15, 0.2) is 17.5 Å². The molecule has 7 nitrogen and oxygen atoms in total. The van der Waals surface area contributed by atoms with Gasteiger partial charge in [-0.1, -0.05) is 13.0 Å². The molecule has 4 rings (SSSR count). The van der Waals surface area contributed by atoms with Crippen LogP contribution >= 0.6 is 0 Å². The Balaban J connectivity index is 1.47. The molecule has 8 heteroatoms. The van der Waals surface area contributed by atoms with Crippen LogP contribution in [-0.4, -0.2) is 46.1 Å². The quantitative estimate of drug-likeness (QED) is 0.697. The minimum atomic E-state index is -0.494. The topological polar surface area (TPSA) is 82.2 Å². The van der Waals surface area contributed by atoms with E-state index in [1.54, 1.807) is 0 Å². The number of carbonyl (C=O) groups excluding carboxylic acids is 1. The first-order valence-corrected chi connectivity index (χ1v) is 9.83. The number of nitrogens with zero attached hydrogens (tertiary/aromatic N) is 3. The van der Waals surface area contributed by atoms with E-state index >= 15 is 0 Å². The van der Waals surface area contributed by atoms with Crippen LogP contribution in [-0.2, 0) is 4.79 Å². The highest BCUT2D eigenvalue weighted by Crippen LogP contribution is 2.29. The molecule has 1 saturated heterocycles. The second-order valence-corrected chi connectivity index (χ2v) is 7.21. The molecule has 0 spiro atoms. The number of likely N-dealkylation sites (tertiary alicyclic amines) is 1. The van der Waals surface area contributed by atoms with E-state index in [4.69, 9.17) is 0 Å². The van der Waals surface area contributed by atoms with Gasteiger partial charge < -0.3 is 20.9 Å². The number of allylic oxidation sites excluding steroid dienone is 2. The molecule has 1 aromatic rings. The second-order valence-electron chi connectivity index (χ2n) is 7.21. The van der Waals surface area contributed by atoms with Crippen LogP contribution < -0.4 is 16.0 Å². The first-order chi connectivity index (χ1) is 13.7. The summed E-state index contributed by atoms with van der Waals surface area (Å²) in [7, 11) is 0. The molecule has 28 heavy (non-hydrogen) atoms. The molecule has 148 valence electrons. The fourth-order valence-corrected chi connectivity index (χ4v) is 3.89. The molecular formula is C20H25FN6O. The summed E-state index contributed by atoms with van der Waals surface area (Å²) in [5.74, 6) is 0.317. The molecule has 1 amide bonds. The van der Waals surface area contributed by atoms with Gasteiger partial charge in [0.2, 0.25) is 5.91 Å². The van der Waals surface area contributed by atoms with Gasteiger partial charge in [0, 0.05) is 42.9 Å². The van der Waals surface area contributed by atoms with E-state index in [0.29, 0.717) is 18.8 Å². The normalized spacial score (nSPS) is 22.9. The van der Waals surface area contributed by atoms with Crippen molar-refractivity contribution in [2.45, 2.75) is 44.8 Å². The SMILES string of the molecule is CCCC(=O)N1CCC[C@H]1CNc1nc(C2=CNC3NC=CC=C23)ncc1F. The minimum absolute atomic E-state index is 0.0123. The molecule has 1 unspecified atom stereocenters. The lowest BCUT2D eigenvalue weighted by Crippen LogP contribution is -2.39. The number of carbonyl (C=O) groups is 1. The molecular weight excluding hydrogens is 359 g/mol. The van der Waals surface area contributed by atoms with Crippen LogP contribution in [0.25, 0.3) is 5.57 Å². The van der Waals surface area contributed by atoms with Crippen LogP contribution in [0.4, 0.5) is 10.2 Å². The summed E-state index contributed by atoms with van der Waals surface area (Å²) < 4.78 is 14.3. The maximum Gasteiger partial charge on any atom is 0.222 e. The number of amides is 1. The average Bonchev–Trinajstić information content (AvgIpc) is 3.34. The Labute approximate surface area is 163 Å². The van der Waals surface area contributed by atoms with Gasteiger partial charge in [-0.05, 0) is 31.5 Å². The Kier molecular flexibility index (Phi) is 5.27. The number of fused-ring (bicyclic) bond motifs is 1. The predicted octanol–water partition coefficient (Wildman–Crippen LogP) is 2.13. The maximum atomic E-state index is 14.3. The Hall–Kier alpha value is -2.90. The van der Waals surface area contributed by atoms with Gasteiger partial charge in [0.25, 0.3) is 0 Å². The van der Waals surface area contributed by atoms with Crippen molar-refractivity contribution < 1.29 is 9.18 Å². The number of rotatable bonds is 6. The third kappa shape index (κ3) is 3.58. The van der Waals surface area contributed by atoms with Crippen molar-refractivity contribution in [2.24, 2.45) is 0 Å². The summed E-state index contributed by atoms with van der Waals surface area (Å²) >= 11 is 0. The summed E-state index contributed by atoms with van der Waals surface area (Å²) in [6.07, 6.45) is 12.1. The second kappa shape index (κ2) is 8.00. The van der Waals surface area contributed by atoms with E-state index in [2.05, 4.69) is 25.9 Å². The molecule has 0 bridgehead atoms. The number of halogens is 1. The monoisotopic (exact) mass is 384 g/mol. The zero-order chi connectivity index (χ0) is 19.5. The highest BCUT2D eigenvalue weighted by molar-refractivity contribution is 5.80. The lowest BCUT2D eigenvalue weighted by atomic mass is 10.0. The first-order valence-electron chi connectivity index (χ1n) is 9.83. The number of anilines is 1. The zero-order valence-corrected chi connectivity index (χ0v) is 15.9. The standard InChI is InChI=1S/C20H25FN6O/c1-2-5-17(28)27-9-4-6-13(27)10-23-20-16(21)12-25-19(26-20)15-11-24-18-14(15)7-3-8-22-18/h3,7-8,11-13,18,22,24H,2,4-6,9-10H2,1H3,(H,23,25,26)/t13-,18?/m0/s1. The maximum absolute atomic E-state index is 14.3. The Morgan fingerprint density at radius 2 is 2.32 bits per heavy atom. The number of nitrogens with one attached hydrogen (secondary N) is 3. The number of aromatic nitrogens is 2. The molecule has 2 atom stereocenters. The van der Waals surface area contributed by atoms with Crippen LogP contribution in [0.1, 0.15) is 38.4 Å². The summed E-state index contributed by atoms with van der Waals surface area (Å²) in [4.78, 5) is 22.8. The summed E-state index contributed by atoms with van der Waals surface area (Å²) in [6.45, 7) is 3.26. The molecule has 0 aromatic carbocycles. The van der Waals surface area contributed by atoms with Crippen molar-refractivity contribution in [2.75, 3.05) is 18.4 Å². The molecule has 0 saturated carbocycles. The van der Waals surface area contributed by atoms with E-state index in [1.807, 2.05) is 36.4 Å². The highest BCUT2D eigenvalue weighted by Gasteiger charge is 2.29. The van der Waals surface area contributed by atoms with E-state index < -0.39 is 5.82 Å². The molecule has 0 aliphatic carbocycles. The lowest BCUT2D eigenvalue weighted by Gasteiger charge is -2.25. The van der Waals surface area contributed by atoms with Crippen molar-refractivity contribution in [3.8, 4) is 0 Å². The minimum Gasteiger partial charge on any atom is -0.368 e. The predicted molar refractivity (Wildman–Crippen MR) is 105 cm³/mol. The van der Waals surface area contributed by atoms with Crippen molar-refractivity contribution in [1.29, 1.82) is 0 Å². The van der Waals surface area contributed by atoms with Crippen molar-refractivity contribution in [1.82, 2.24) is 25.5 Å². The number of hydrogen-bond acceptors (Lipinski definition) is 6. The molecule has 1 fully saturated rings. The molecule has 3 aliphatic rings. The van der Waals surface area contributed by atoms with Crippen LogP contribution in [0.15, 0.2) is 36.3 Å². The fraction of sp³-hybridized carbons (Fsp3) is 0.450. The zero-order valence-electron chi connectivity index (χ0n) is 15.9. The molecule has 1 aromatic heterocycles. The molecule has 3 N–H and O–H groups in total.